The number of benzene rings is 1. The molecule has 112 valence electrons. The quantitative estimate of drug-likeness (QED) is 0.846. The zero-order valence-electron chi connectivity index (χ0n) is 12.3. The van der Waals surface area contributed by atoms with E-state index in [2.05, 4.69) is 4.98 Å². The van der Waals surface area contributed by atoms with Gasteiger partial charge in [0.15, 0.2) is 0 Å². The van der Waals surface area contributed by atoms with Gasteiger partial charge in [-0.05, 0) is 37.6 Å². The van der Waals surface area contributed by atoms with Gasteiger partial charge in [0.1, 0.15) is 12.1 Å². The fourth-order valence-corrected chi connectivity index (χ4v) is 2.08. The zero-order valence-corrected chi connectivity index (χ0v) is 12.3. The molecule has 0 atom stereocenters. The highest BCUT2D eigenvalue weighted by molar-refractivity contribution is 5.79. The van der Waals surface area contributed by atoms with Gasteiger partial charge in [0.25, 0.3) is 0 Å². The number of ether oxygens (including phenoxy) is 1. The molecule has 0 aliphatic heterocycles. The van der Waals surface area contributed by atoms with E-state index in [-0.39, 0.29) is 5.91 Å². The van der Waals surface area contributed by atoms with Gasteiger partial charge in [-0.1, -0.05) is 12.1 Å². The molecule has 0 fully saturated rings. The van der Waals surface area contributed by atoms with Crippen LogP contribution in [-0.4, -0.2) is 28.6 Å². The molecule has 1 aromatic carbocycles. The van der Waals surface area contributed by atoms with Crippen molar-refractivity contribution in [1.82, 2.24) is 9.55 Å². The van der Waals surface area contributed by atoms with E-state index in [1.54, 1.807) is 17.1 Å². The summed E-state index contributed by atoms with van der Waals surface area (Å²) in [5.41, 5.74) is 7.44. The Kier molecular flexibility index (Phi) is 5.51. The average molecular weight is 287 g/mol. The maximum Gasteiger partial charge on any atom is 0.232 e. The van der Waals surface area contributed by atoms with Gasteiger partial charge in [0, 0.05) is 19.0 Å². The largest absolute Gasteiger partial charge is 0.494 e. The molecule has 21 heavy (non-hydrogen) atoms. The maximum absolute atomic E-state index is 12.1. The molecule has 2 aromatic rings. The lowest BCUT2D eigenvalue weighted by Crippen LogP contribution is -2.09. The van der Waals surface area contributed by atoms with Gasteiger partial charge in [0.2, 0.25) is 5.91 Å². The van der Waals surface area contributed by atoms with E-state index >= 15 is 0 Å². The Balaban J connectivity index is 1.87. The molecule has 2 N–H and O–H groups in total. The van der Waals surface area contributed by atoms with Crippen molar-refractivity contribution in [2.45, 2.75) is 26.2 Å². The van der Waals surface area contributed by atoms with Crippen LogP contribution in [-0.2, 0) is 12.8 Å². The highest BCUT2D eigenvalue weighted by Gasteiger charge is 2.07. The summed E-state index contributed by atoms with van der Waals surface area (Å²) < 4.78 is 6.93. The summed E-state index contributed by atoms with van der Waals surface area (Å²) in [5, 5.41) is 0. The first-order valence-electron chi connectivity index (χ1n) is 7.20. The first kappa shape index (κ1) is 15.3. The number of rotatable bonds is 7. The summed E-state index contributed by atoms with van der Waals surface area (Å²) in [5.74, 6) is 0.897. The number of carbonyl (C=O) groups is 1. The molecule has 0 spiro atoms. The Labute approximate surface area is 124 Å². The molecule has 1 heterocycles. The third-order valence-corrected chi connectivity index (χ3v) is 3.19. The fourth-order valence-electron chi connectivity index (χ4n) is 2.08. The number of carbonyl (C=O) groups excluding carboxylic acids is 1. The van der Waals surface area contributed by atoms with Crippen molar-refractivity contribution in [3.63, 3.8) is 0 Å². The number of nitrogens with two attached hydrogens (primary N) is 1. The second-order valence-corrected chi connectivity index (χ2v) is 4.78. The maximum atomic E-state index is 12.1. The van der Waals surface area contributed by atoms with Crippen LogP contribution in [0.15, 0.2) is 36.8 Å². The molecule has 0 unspecified atom stereocenters. The SMILES string of the molecule is CCOc1ccc(CCC(=O)n2cnc(CCN)c2)cc1. The number of hydrogen-bond acceptors (Lipinski definition) is 4. The second-order valence-electron chi connectivity index (χ2n) is 4.78. The molecule has 0 bridgehead atoms. The smallest absolute Gasteiger partial charge is 0.232 e. The van der Waals surface area contributed by atoms with Gasteiger partial charge in [-0.15, -0.1) is 0 Å². The van der Waals surface area contributed by atoms with Crippen LogP contribution in [0.1, 0.15) is 29.4 Å². The van der Waals surface area contributed by atoms with Crippen molar-refractivity contribution < 1.29 is 9.53 Å². The molecule has 0 saturated heterocycles. The second kappa shape index (κ2) is 7.59. The third kappa shape index (κ3) is 4.43. The predicted octanol–water partition coefficient (Wildman–Crippen LogP) is 2.06. The van der Waals surface area contributed by atoms with E-state index in [0.717, 1.165) is 17.0 Å². The Morgan fingerprint density at radius 3 is 2.71 bits per heavy atom. The average Bonchev–Trinajstić information content (AvgIpc) is 2.96. The number of imidazole rings is 1. The van der Waals surface area contributed by atoms with Gasteiger partial charge in [-0.2, -0.15) is 0 Å². The van der Waals surface area contributed by atoms with Gasteiger partial charge in [-0.25, -0.2) is 4.98 Å². The Hall–Kier alpha value is -2.14. The molecule has 0 amide bonds. The van der Waals surface area contributed by atoms with Crippen molar-refractivity contribution in [2.24, 2.45) is 5.73 Å². The molecular weight excluding hydrogens is 266 g/mol. The highest BCUT2D eigenvalue weighted by atomic mass is 16.5. The lowest BCUT2D eigenvalue weighted by atomic mass is 10.1. The van der Waals surface area contributed by atoms with Crippen LogP contribution in [0, 0.1) is 0 Å². The lowest BCUT2D eigenvalue weighted by Gasteiger charge is -2.05. The number of nitrogens with zero attached hydrogens (tertiary/aromatic N) is 2. The molecule has 0 aliphatic carbocycles. The first-order valence-corrected chi connectivity index (χ1v) is 7.20. The normalized spacial score (nSPS) is 10.6. The minimum atomic E-state index is 0.0413. The van der Waals surface area contributed by atoms with Crippen LogP contribution in [0.2, 0.25) is 0 Å². The summed E-state index contributed by atoms with van der Waals surface area (Å²) in [6, 6.07) is 7.85. The van der Waals surface area contributed by atoms with E-state index in [1.165, 1.54) is 0 Å². The van der Waals surface area contributed by atoms with Crippen LogP contribution in [0.25, 0.3) is 0 Å². The standard InChI is InChI=1S/C16H21N3O2/c1-2-21-15-6-3-13(4-7-15)5-8-16(20)19-11-14(9-10-17)18-12-19/h3-4,6-7,11-12H,2,5,8-10,17H2,1H3. The van der Waals surface area contributed by atoms with Crippen molar-refractivity contribution in [2.75, 3.05) is 13.2 Å². The summed E-state index contributed by atoms with van der Waals surface area (Å²) in [7, 11) is 0. The molecule has 5 heteroatoms. The minimum absolute atomic E-state index is 0.0413. The number of aryl methyl sites for hydroxylation is 1. The summed E-state index contributed by atoms with van der Waals surface area (Å²) >= 11 is 0. The van der Waals surface area contributed by atoms with Gasteiger partial charge < -0.3 is 10.5 Å². The Bertz CT molecular complexity index is 575. The molecule has 2 rings (SSSR count). The van der Waals surface area contributed by atoms with Crippen molar-refractivity contribution in [3.8, 4) is 5.75 Å². The summed E-state index contributed by atoms with van der Waals surface area (Å²) in [4.78, 5) is 16.2. The van der Waals surface area contributed by atoms with E-state index in [4.69, 9.17) is 10.5 Å². The van der Waals surface area contributed by atoms with Crippen molar-refractivity contribution >= 4 is 5.91 Å². The van der Waals surface area contributed by atoms with E-state index in [1.807, 2.05) is 31.2 Å². The molecule has 0 aliphatic rings. The number of hydrogen-bond donors (Lipinski definition) is 1. The van der Waals surface area contributed by atoms with Crippen molar-refractivity contribution in [1.29, 1.82) is 0 Å². The van der Waals surface area contributed by atoms with Crippen LogP contribution in [0.3, 0.4) is 0 Å². The monoisotopic (exact) mass is 287 g/mol. The van der Waals surface area contributed by atoms with Gasteiger partial charge >= 0.3 is 0 Å². The van der Waals surface area contributed by atoms with Gasteiger partial charge in [0.05, 0.1) is 12.3 Å². The highest BCUT2D eigenvalue weighted by Crippen LogP contribution is 2.13. The van der Waals surface area contributed by atoms with E-state index < -0.39 is 0 Å². The molecule has 0 saturated carbocycles. The number of aromatic nitrogens is 2. The minimum Gasteiger partial charge on any atom is -0.494 e. The van der Waals surface area contributed by atoms with E-state index in [9.17, 15) is 4.79 Å². The summed E-state index contributed by atoms with van der Waals surface area (Å²) in [6.45, 7) is 3.15. The van der Waals surface area contributed by atoms with Crippen molar-refractivity contribution in [3.05, 3.63) is 48.0 Å². The fraction of sp³-hybridized carbons (Fsp3) is 0.375. The Morgan fingerprint density at radius 1 is 1.29 bits per heavy atom. The lowest BCUT2D eigenvalue weighted by molar-refractivity contribution is 0.0902. The van der Waals surface area contributed by atoms with E-state index in [0.29, 0.717) is 32.4 Å². The van der Waals surface area contributed by atoms with Crippen LogP contribution < -0.4 is 10.5 Å². The summed E-state index contributed by atoms with van der Waals surface area (Å²) in [6.07, 6.45) is 5.17. The molecule has 0 radical (unpaired) electrons. The van der Waals surface area contributed by atoms with Gasteiger partial charge in [-0.3, -0.25) is 9.36 Å². The third-order valence-electron chi connectivity index (χ3n) is 3.19. The Morgan fingerprint density at radius 2 is 2.05 bits per heavy atom. The zero-order chi connectivity index (χ0) is 15.1. The molecule has 1 aromatic heterocycles. The first-order chi connectivity index (χ1) is 10.2. The van der Waals surface area contributed by atoms with Crippen LogP contribution in [0.5, 0.6) is 5.75 Å². The predicted molar refractivity (Wildman–Crippen MR) is 81.5 cm³/mol. The van der Waals surface area contributed by atoms with Crippen LogP contribution >= 0.6 is 0 Å². The van der Waals surface area contributed by atoms with Crippen LogP contribution in [0.4, 0.5) is 0 Å². The molecule has 5 nitrogen and oxygen atoms in total. The molecular formula is C16H21N3O2. The topological polar surface area (TPSA) is 70.1 Å².